The van der Waals surface area contributed by atoms with E-state index in [1.165, 1.54) is 4.90 Å². The SMILES string of the molecule is CCOC(=O)c1[nH]c(C)c(C(=O)CN(Cc2cccnc2)C(=O)c2ccccc2)c1C. The van der Waals surface area contributed by atoms with Crippen molar-refractivity contribution in [2.24, 2.45) is 0 Å². The Bertz CT molecular complexity index is 1070. The van der Waals surface area contributed by atoms with E-state index < -0.39 is 5.97 Å². The summed E-state index contributed by atoms with van der Waals surface area (Å²) in [5, 5.41) is 0. The molecular weight excluding hydrogens is 394 g/mol. The molecule has 0 radical (unpaired) electrons. The molecule has 3 aromatic rings. The molecule has 1 aromatic carbocycles. The lowest BCUT2D eigenvalue weighted by Crippen LogP contribution is -2.35. The monoisotopic (exact) mass is 419 g/mol. The second-order valence-corrected chi connectivity index (χ2v) is 7.16. The van der Waals surface area contributed by atoms with Gasteiger partial charge in [-0.1, -0.05) is 24.3 Å². The van der Waals surface area contributed by atoms with E-state index in [4.69, 9.17) is 4.74 Å². The Morgan fingerprint density at radius 2 is 1.81 bits per heavy atom. The van der Waals surface area contributed by atoms with Crippen LogP contribution in [0.5, 0.6) is 0 Å². The fourth-order valence-electron chi connectivity index (χ4n) is 3.50. The smallest absolute Gasteiger partial charge is 0.355 e. The number of nitrogens with zero attached hydrogens (tertiary/aromatic N) is 2. The van der Waals surface area contributed by atoms with Crippen LogP contribution in [0.3, 0.4) is 0 Å². The number of aryl methyl sites for hydroxylation is 1. The van der Waals surface area contributed by atoms with Gasteiger partial charge in [0.05, 0.1) is 13.2 Å². The summed E-state index contributed by atoms with van der Waals surface area (Å²) in [6, 6.07) is 12.5. The lowest BCUT2D eigenvalue weighted by molar-refractivity contribution is 0.0519. The van der Waals surface area contributed by atoms with Crippen LogP contribution in [0.1, 0.15) is 54.9 Å². The van der Waals surface area contributed by atoms with Crippen LogP contribution >= 0.6 is 0 Å². The molecule has 31 heavy (non-hydrogen) atoms. The second kappa shape index (κ2) is 9.84. The molecule has 2 heterocycles. The number of benzene rings is 1. The van der Waals surface area contributed by atoms with Crippen LogP contribution in [0.4, 0.5) is 0 Å². The number of pyridine rings is 1. The van der Waals surface area contributed by atoms with E-state index in [0.717, 1.165) is 5.56 Å². The maximum Gasteiger partial charge on any atom is 0.355 e. The fourth-order valence-corrected chi connectivity index (χ4v) is 3.50. The largest absolute Gasteiger partial charge is 0.461 e. The first-order valence-corrected chi connectivity index (χ1v) is 10.0. The zero-order chi connectivity index (χ0) is 22.4. The van der Waals surface area contributed by atoms with Crippen molar-refractivity contribution in [1.82, 2.24) is 14.9 Å². The van der Waals surface area contributed by atoms with Gasteiger partial charge in [-0.25, -0.2) is 4.79 Å². The summed E-state index contributed by atoms with van der Waals surface area (Å²) >= 11 is 0. The fraction of sp³-hybridized carbons (Fsp3) is 0.250. The molecule has 0 bridgehead atoms. The van der Waals surface area contributed by atoms with Crippen molar-refractivity contribution in [3.05, 3.63) is 88.5 Å². The van der Waals surface area contributed by atoms with Gasteiger partial charge in [-0.15, -0.1) is 0 Å². The van der Waals surface area contributed by atoms with E-state index in [0.29, 0.717) is 22.4 Å². The van der Waals surface area contributed by atoms with Crippen LogP contribution in [0.15, 0.2) is 54.9 Å². The Morgan fingerprint density at radius 3 is 2.45 bits per heavy atom. The molecule has 0 aliphatic carbocycles. The number of carbonyl (C=O) groups is 3. The molecule has 3 rings (SSSR count). The Morgan fingerprint density at radius 1 is 1.06 bits per heavy atom. The van der Waals surface area contributed by atoms with E-state index >= 15 is 0 Å². The van der Waals surface area contributed by atoms with Crippen LogP contribution in [0, 0.1) is 13.8 Å². The highest BCUT2D eigenvalue weighted by atomic mass is 16.5. The predicted octanol–water partition coefficient (Wildman–Crippen LogP) is 3.73. The number of amides is 1. The summed E-state index contributed by atoms with van der Waals surface area (Å²) < 4.78 is 5.06. The van der Waals surface area contributed by atoms with Crippen molar-refractivity contribution in [3.8, 4) is 0 Å². The standard InChI is InChI=1S/C24H25N3O4/c1-4-31-24(30)22-16(2)21(17(3)26-22)20(28)15-27(14-18-9-8-12-25-13-18)23(29)19-10-6-5-7-11-19/h5-13,26H,4,14-15H2,1-3H3. The van der Waals surface area contributed by atoms with Crippen LogP contribution in [0.2, 0.25) is 0 Å². The van der Waals surface area contributed by atoms with Gasteiger partial charge in [0.2, 0.25) is 0 Å². The third-order valence-electron chi connectivity index (χ3n) is 4.93. The Kier molecular flexibility index (Phi) is 6.97. The third-order valence-corrected chi connectivity index (χ3v) is 4.93. The lowest BCUT2D eigenvalue weighted by atomic mass is 10.0. The zero-order valence-electron chi connectivity index (χ0n) is 17.8. The third kappa shape index (κ3) is 5.06. The number of ketones is 1. The quantitative estimate of drug-likeness (QED) is 0.444. The molecule has 0 saturated heterocycles. The minimum absolute atomic E-state index is 0.135. The van der Waals surface area contributed by atoms with E-state index in [2.05, 4.69) is 9.97 Å². The number of nitrogens with one attached hydrogen (secondary N) is 1. The average molecular weight is 419 g/mol. The van der Waals surface area contributed by atoms with Gasteiger partial charge in [-0.2, -0.15) is 0 Å². The molecule has 0 saturated carbocycles. The molecule has 0 unspecified atom stereocenters. The Hall–Kier alpha value is -3.74. The van der Waals surface area contributed by atoms with Crippen LogP contribution < -0.4 is 0 Å². The zero-order valence-corrected chi connectivity index (χ0v) is 17.8. The van der Waals surface area contributed by atoms with Crippen LogP contribution in [0.25, 0.3) is 0 Å². The van der Waals surface area contributed by atoms with E-state index in [1.54, 1.807) is 63.5 Å². The van der Waals surface area contributed by atoms with Crippen molar-refractivity contribution < 1.29 is 19.1 Å². The Balaban J connectivity index is 1.90. The molecule has 0 aliphatic heterocycles. The number of aromatic nitrogens is 2. The van der Waals surface area contributed by atoms with E-state index in [9.17, 15) is 14.4 Å². The van der Waals surface area contributed by atoms with Crippen molar-refractivity contribution in [1.29, 1.82) is 0 Å². The highest BCUT2D eigenvalue weighted by Gasteiger charge is 2.26. The molecule has 2 aromatic heterocycles. The highest BCUT2D eigenvalue weighted by Crippen LogP contribution is 2.21. The summed E-state index contributed by atoms with van der Waals surface area (Å²) in [5.74, 6) is -1.01. The lowest BCUT2D eigenvalue weighted by Gasteiger charge is -2.22. The molecule has 160 valence electrons. The van der Waals surface area contributed by atoms with Gasteiger partial charge in [-0.05, 0) is 50.1 Å². The van der Waals surface area contributed by atoms with Gasteiger partial charge >= 0.3 is 5.97 Å². The first-order valence-electron chi connectivity index (χ1n) is 10.0. The normalized spacial score (nSPS) is 10.5. The number of hydrogen-bond acceptors (Lipinski definition) is 5. The second-order valence-electron chi connectivity index (χ2n) is 7.16. The molecule has 1 amide bonds. The average Bonchev–Trinajstić information content (AvgIpc) is 3.08. The van der Waals surface area contributed by atoms with Gasteiger partial charge in [0.25, 0.3) is 5.91 Å². The topological polar surface area (TPSA) is 92.4 Å². The summed E-state index contributed by atoms with van der Waals surface area (Å²) in [6.45, 7) is 5.50. The molecule has 0 atom stereocenters. The molecule has 0 spiro atoms. The molecule has 7 nitrogen and oxygen atoms in total. The maximum absolute atomic E-state index is 13.2. The number of ether oxygens (including phenoxy) is 1. The van der Waals surface area contributed by atoms with Gasteiger partial charge in [0.15, 0.2) is 5.78 Å². The molecular formula is C24H25N3O4. The number of hydrogen-bond donors (Lipinski definition) is 1. The summed E-state index contributed by atoms with van der Waals surface area (Å²) in [4.78, 5) is 47.1. The number of H-pyrrole nitrogens is 1. The molecule has 7 heteroatoms. The van der Waals surface area contributed by atoms with Crippen molar-refractivity contribution in [2.75, 3.05) is 13.2 Å². The number of aromatic amines is 1. The predicted molar refractivity (Wildman–Crippen MR) is 116 cm³/mol. The van der Waals surface area contributed by atoms with Crippen LogP contribution in [-0.2, 0) is 11.3 Å². The summed E-state index contributed by atoms with van der Waals surface area (Å²) in [6.07, 6.45) is 3.32. The van der Waals surface area contributed by atoms with Gasteiger partial charge < -0.3 is 14.6 Å². The van der Waals surface area contributed by atoms with Crippen molar-refractivity contribution >= 4 is 17.7 Å². The summed E-state index contributed by atoms with van der Waals surface area (Å²) in [5.41, 5.74) is 3.06. The highest BCUT2D eigenvalue weighted by molar-refractivity contribution is 6.05. The van der Waals surface area contributed by atoms with E-state index in [1.807, 2.05) is 12.1 Å². The first-order chi connectivity index (χ1) is 14.9. The first kappa shape index (κ1) is 22.0. The van der Waals surface area contributed by atoms with Gasteiger partial charge in [-0.3, -0.25) is 14.6 Å². The number of esters is 1. The van der Waals surface area contributed by atoms with Gasteiger partial charge in [0.1, 0.15) is 5.69 Å². The van der Waals surface area contributed by atoms with E-state index in [-0.39, 0.29) is 37.1 Å². The number of carbonyl (C=O) groups excluding carboxylic acids is 3. The van der Waals surface area contributed by atoms with Gasteiger partial charge in [0, 0.05) is 35.8 Å². The molecule has 1 N–H and O–H groups in total. The maximum atomic E-state index is 13.2. The van der Waals surface area contributed by atoms with Crippen molar-refractivity contribution in [3.63, 3.8) is 0 Å². The number of Topliss-reactive ketones (excluding diaryl/α,β-unsaturated/α-hetero) is 1. The summed E-state index contributed by atoms with van der Waals surface area (Å²) in [7, 11) is 0. The van der Waals surface area contributed by atoms with Crippen LogP contribution in [-0.4, -0.2) is 45.7 Å². The minimum Gasteiger partial charge on any atom is -0.461 e. The molecule has 0 aliphatic rings. The minimum atomic E-state index is -0.505. The van der Waals surface area contributed by atoms with Crippen molar-refractivity contribution in [2.45, 2.75) is 27.3 Å². The molecule has 0 fully saturated rings. The Labute approximate surface area is 181 Å². The number of rotatable bonds is 8.